The monoisotopic (exact) mass is 440 g/mol. The van der Waals surface area contributed by atoms with E-state index in [-0.39, 0.29) is 10.8 Å². The fourth-order valence-electron chi connectivity index (χ4n) is 4.05. The van der Waals surface area contributed by atoms with Crippen LogP contribution in [0.15, 0.2) is 53.6 Å². The third-order valence-electron chi connectivity index (χ3n) is 5.79. The number of anilines is 1. The normalized spacial score (nSPS) is 14.5. The number of carbonyl (C=O) groups excluding carboxylic acids is 1. The van der Waals surface area contributed by atoms with E-state index in [0.29, 0.717) is 18.5 Å². The van der Waals surface area contributed by atoms with Gasteiger partial charge in [0.2, 0.25) is 10.0 Å². The van der Waals surface area contributed by atoms with E-state index in [0.717, 1.165) is 52.4 Å². The smallest absolute Gasteiger partial charge is 0.253 e. The number of amides is 1. The molecule has 0 unspecified atom stereocenters. The van der Waals surface area contributed by atoms with Crippen molar-refractivity contribution in [2.45, 2.75) is 24.2 Å². The first-order valence-corrected chi connectivity index (χ1v) is 12.0. The van der Waals surface area contributed by atoms with Gasteiger partial charge in [0.15, 0.2) is 0 Å². The predicted octanol–water partition coefficient (Wildman–Crippen LogP) is 2.99. The van der Waals surface area contributed by atoms with Crippen LogP contribution in [0, 0.1) is 0 Å². The van der Waals surface area contributed by atoms with Gasteiger partial charge < -0.3 is 15.2 Å². The van der Waals surface area contributed by atoms with E-state index in [1.807, 2.05) is 24.4 Å². The number of nitrogens with one attached hydrogen (secondary N) is 2. The molecule has 1 aromatic heterocycles. The summed E-state index contributed by atoms with van der Waals surface area (Å²) in [6.07, 6.45) is 4.79. The number of nitrogens with zero attached hydrogens (tertiary/aromatic N) is 2. The quantitative estimate of drug-likeness (QED) is 0.591. The summed E-state index contributed by atoms with van der Waals surface area (Å²) in [4.78, 5) is 18.6. The lowest BCUT2D eigenvalue weighted by Gasteiger charge is -2.22. The Balaban J connectivity index is 1.56. The molecule has 8 heteroatoms. The number of rotatable bonds is 7. The number of carbonyl (C=O) groups is 1. The number of benzene rings is 2. The largest absolute Gasteiger partial charge is 0.371 e. The fraction of sp³-hybridized carbons (Fsp3) is 0.348. The molecule has 1 amide bonds. The summed E-state index contributed by atoms with van der Waals surface area (Å²) in [6, 6.07) is 12.9. The van der Waals surface area contributed by atoms with Crippen LogP contribution >= 0.6 is 0 Å². The second kappa shape index (κ2) is 8.72. The second-order valence-corrected chi connectivity index (χ2v) is 10.2. The Kier molecular flexibility index (Phi) is 6.02. The Morgan fingerprint density at radius 1 is 1.13 bits per heavy atom. The van der Waals surface area contributed by atoms with Gasteiger partial charge in [0.05, 0.1) is 10.5 Å². The minimum atomic E-state index is -3.62. The van der Waals surface area contributed by atoms with E-state index >= 15 is 0 Å². The standard InChI is InChI=1S/C23H28N4O3S/c1-26(2)31(29,30)18-9-10-22(27-13-5-6-14-27)20(15-18)23(28)24-12-11-17-16-25-21-8-4-3-7-19(17)21/h3-4,7-10,15-16,25H,5-6,11-14H2,1-2H3,(H,24,28). The van der Waals surface area contributed by atoms with Crippen LogP contribution in [0.5, 0.6) is 0 Å². The maximum atomic E-state index is 13.1. The Labute approximate surface area is 183 Å². The molecule has 2 N–H and O–H groups in total. The Hall–Kier alpha value is -2.84. The molecule has 0 atom stereocenters. The Morgan fingerprint density at radius 3 is 2.61 bits per heavy atom. The van der Waals surface area contributed by atoms with Gasteiger partial charge in [-0.25, -0.2) is 12.7 Å². The molecule has 2 heterocycles. The van der Waals surface area contributed by atoms with Crippen LogP contribution in [0.4, 0.5) is 5.69 Å². The van der Waals surface area contributed by atoms with Gasteiger partial charge in [-0.2, -0.15) is 0 Å². The lowest BCUT2D eigenvalue weighted by Crippen LogP contribution is -2.30. The number of aromatic nitrogens is 1. The average Bonchev–Trinajstić information content (AvgIpc) is 3.43. The Morgan fingerprint density at radius 2 is 1.87 bits per heavy atom. The summed E-state index contributed by atoms with van der Waals surface area (Å²) < 4.78 is 26.4. The SMILES string of the molecule is CN(C)S(=O)(=O)c1ccc(N2CCCC2)c(C(=O)NCCc2c[nH]c3ccccc23)c1. The maximum Gasteiger partial charge on any atom is 0.253 e. The zero-order valence-electron chi connectivity index (χ0n) is 17.9. The van der Waals surface area contributed by atoms with Gasteiger partial charge in [0.1, 0.15) is 0 Å². The van der Waals surface area contributed by atoms with E-state index < -0.39 is 10.0 Å². The highest BCUT2D eigenvalue weighted by Gasteiger charge is 2.24. The summed E-state index contributed by atoms with van der Waals surface area (Å²) >= 11 is 0. The molecule has 2 aromatic carbocycles. The number of hydrogen-bond donors (Lipinski definition) is 2. The number of sulfonamides is 1. The molecule has 0 spiro atoms. The van der Waals surface area contributed by atoms with Gasteiger partial charge in [-0.05, 0) is 49.1 Å². The molecule has 1 aliphatic rings. The Bertz CT molecular complexity index is 1190. The summed E-state index contributed by atoms with van der Waals surface area (Å²) in [7, 11) is -0.641. The van der Waals surface area contributed by atoms with Gasteiger partial charge in [0, 0.05) is 56.5 Å². The first kappa shape index (κ1) is 21.4. The van der Waals surface area contributed by atoms with Crippen LogP contribution < -0.4 is 10.2 Å². The molecule has 0 aliphatic carbocycles. The zero-order valence-corrected chi connectivity index (χ0v) is 18.7. The molecule has 0 saturated carbocycles. The van der Waals surface area contributed by atoms with Crippen LogP contribution in [0.1, 0.15) is 28.8 Å². The van der Waals surface area contributed by atoms with Crippen LogP contribution in [-0.2, 0) is 16.4 Å². The molecule has 1 saturated heterocycles. The molecule has 0 bridgehead atoms. The van der Waals surface area contributed by atoms with Crippen molar-refractivity contribution in [2.24, 2.45) is 0 Å². The van der Waals surface area contributed by atoms with Crippen molar-refractivity contribution in [2.75, 3.05) is 38.6 Å². The molecule has 7 nitrogen and oxygen atoms in total. The van der Waals surface area contributed by atoms with Gasteiger partial charge in [0.25, 0.3) is 5.91 Å². The predicted molar refractivity (Wildman–Crippen MR) is 123 cm³/mol. The van der Waals surface area contributed by atoms with Gasteiger partial charge in [-0.3, -0.25) is 4.79 Å². The van der Waals surface area contributed by atoms with Gasteiger partial charge in [-0.1, -0.05) is 18.2 Å². The molecular weight excluding hydrogens is 412 g/mol. The average molecular weight is 441 g/mol. The maximum absolute atomic E-state index is 13.1. The summed E-state index contributed by atoms with van der Waals surface area (Å²) in [6.45, 7) is 2.20. The van der Waals surface area contributed by atoms with Crippen molar-refractivity contribution in [3.8, 4) is 0 Å². The van der Waals surface area contributed by atoms with E-state index in [9.17, 15) is 13.2 Å². The topological polar surface area (TPSA) is 85.5 Å². The number of aromatic amines is 1. The number of hydrogen-bond acceptors (Lipinski definition) is 4. The second-order valence-electron chi connectivity index (χ2n) is 8.03. The first-order valence-electron chi connectivity index (χ1n) is 10.5. The van der Waals surface area contributed by atoms with E-state index in [1.165, 1.54) is 20.2 Å². The highest BCUT2D eigenvalue weighted by atomic mass is 32.2. The van der Waals surface area contributed by atoms with Crippen LogP contribution in [0.3, 0.4) is 0 Å². The summed E-state index contributed by atoms with van der Waals surface area (Å²) in [5, 5.41) is 4.13. The number of fused-ring (bicyclic) bond motifs is 1. The van der Waals surface area contributed by atoms with Crippen LogP contribution in [-0.4, -0.2) is 57.3 Å². The third-order valence-corrected chi connectivity index (χ3v) is 7.60. The molecule has 0 radical (unpaired) electrons. The van der Waals surface area contributed by atoms with Crippen LogP contribution in [0.25, 0.3) is 10.9 Å². The lowest BCUT2D eigenvalue weighted by atomic mass is 10.1. The number of H-pyrrole nitrogens is 1. The van der Waals surface area contributed by atoms with E-state index in [4.69, 9.17) is 0 Å². The van der Waals surface area contributed by atoms with Crippen molar-refractivity contribution in [1.82, 2.24) is 14.6 Å². The fourth-order valence-corrected chi connectivity index (χ4v) is 4.97. The lowest BCUT2D eigenvalue weighted by molar-refractivity contribution is 0.0954. The molecule has 1 aliphatic heterocycles. The minimum absolute atomic E-state index is 0.127. The van der Waals surface area contributed by atoms with E-state index in [2.05, 4.69) is 21.3 Å². The third kappa shape index (κ3) is 4.31. The van der Waals surface area contributed by atoms with Gasteiger partial charge in [-0.15, -0.1) is 0 Å². The molecule has 1 fully saturated rings. The van der Waals surface area contributed by atoms with Crippen molar-refractivity contribution in [3.63, 3.8) is 0 Å². The van der Waals surface area contributed by atoms with Gasteiger partial charge >= 0.3 is 0 Å². The van der Waals surface area contributed by atoms with Crippen molar-refractivity contribution in [1.29, 1.82) is 0 Å². The molecular formula is C23H28N4O3S. The molecule has 3 aromatic rings. The van der Waals surface area contributed by atoms with Crippen LogP contribution in [0.2, 0.25) is 0 Å². The minimum Gasteiger partial charge on any atom is -0.371 e. The van der Waals surface area contributed by atoms with E-state index in [1.54, 1.807) is 12.1 Å². The molecule has 164 valence electrons. The van der Waals surface area contributed by atoms with Crippen molar-refractivity contribution >= 4 is 32.5 Å². The zero-order chi connectivity index (χ0) is 22.0. The summed E-state index contributed by atoms with van der Waals surface area (Å²) in [5.41, 5.74) is 3.41. The number of para-hydroxylation sites is 1. The van der Waals surface area contributed by atoms with Crippen molar-refractivity contribution in [3.05, 3.63) is 59.8 Å². The highest BCUT2D eigenvalue weighted by molar-refractivity contribution is 7.89. The molecule has 4 rings (SSSR count). The van der Waals surface area contributed by atoms with Crippen molar-refractivity contribution < 1.29 is 13.2 Å². The highest BCUT2D eigenvalue weighted by Crippen LogP contribution is 2.28. The molecule has 31 heavy (non-hydrogen) atoms. The summed E-state index contributed by atoms with van der Waals surface area (Å²) in [5.74, 6) is -0.252. The first-order chi connectivity index (χ1) is 14.9.